The van der Waals surface area contributed by atoms with Gasteiger partial charge in [0.2, 0.25) is 5.91 Å². The van der Waals surface area contributed by atoms with Gasteiger partial charge in [0.25, 0.3) is 11.5 Å². The lowest BCUT2D eigenvalue weighted by atomic mass is 10.1. The van der Waals surface area contributed by atoms with Crippen molar-refractivity contribution in [2.24, 2.45) is 0 Å². The van der Waals surface area contributed by atoms with Crippen molar-refractivity contribution in [2.75, 3.05) is 5.32 Å². The number of thiophene rings is 1. The molecular formula is C25H24N4O3S. The molecule has 168 valence electrons. The molecule has 0 radical (unpaired) electrons. The van der Waals surface area contributed by atoms with Crippen molar-refractivity contribution >= 4 is 39.1 Å². The number of carbonyl (C=O) groups excluding carboxylic acids is 2. The van der Waals surface area contributed by atoms with Crippen molar-refractivity contribution in [3.8, 4) is 0 Å². The third-order valence-electron chi connectivity index (χ3n) is 5.32. The largest absolute Gasteiger partial charge is 0.345 e. The number of hydrogen-bond acceptors (Lipinski definition) is 5. The summed E-state index contributed by atoms with van der Waals surface area (Å²) in [6.07, 6.45) is 2.21. The Balaban J connectivity index is 1.49. The molecule has 2 aromatic carbocycles. The van der Waals surface area contributed by atoms with Gasteiger partial charge in [0.15, 0.2) is 0 Å². The fraction of sp³-hybridized carbons (Fsp3) is 0.200. The van der Waals surface area contributed by atoms with Gasteiger partial charge in [-0.1, -0.05) is 49.4 Å². The van der Waals surface area contributed by atoms with Crippen LogP contribution in [0.25, 0.3) is 10.2 Å². The molecule has 2 amide bonds. The van der Waals surface area contributed by atoms with Gasteiger partial charge in [-0.3, -0.25) is 19.0 Å². The number of para-hydroxylation sites is 1. The van der Waals surface area contributed by atoms with Crippen LogP contribution in [0.1, 0.15) is 40.7 Å². The second-order valence-electron chi connectivity index (χ2n) is 7.66. The van der Waals surface area contributed by atoms with E-state index in [1.54, 1.807) is 24.3 Å². The highest BCUT2D eigenvalue weighted by molar-refractivity contribution is 7.18. The molecule has 0 bridgehead atoms. The number of benzene rings is 2. The molecule has 0 spiro atoms. The third kappa shape index (κ3) is 5.01. The summed E-state index contributed by atoms with van der Waals surface area (Å²) < 4.78 is 1.28. The van der Waals surface area contributed by atoms with Crippen LogP contribution in [0.3, 0.4) is 0 Å². The number of rotatable bonds is 7. The predicted octanol–water partition coefficient (Wildman–Crippen LogP) is 4.15. The monoisotopic (exact) mass is 460 g/mol. The van der Waals surface area contributed by atoms with Crippen molar-refractivity contribution < 1.29 is 9.59 Å². The maximum Gasteiger partial charge on any atom is 0.262 e. The quantitative estimate of drug-likeness (QED) is 0.433. The third-order valence-corrected chi connectivity index (χ3v) is 6.51. The van der Waals surface area contributed by atoms with Gasteiger partial charge >= 0.3 is 0 Å². The zero-order valence-electron chi connectivity index (χ0n) is 18.4. The molecule has 1 unspecified atom stereocenters. The van der Waals surface area contributed by atoms with Gasteiger partial charge in [-0.25, -0.2) is 4.98 Å². The first kappa shape index (κ1) is 22.4. The molecule has 2 aromatic heterocycles. The number of hydrogen-bond donors (Lipinski definition) is 2. The van der Waals surface area contributed by atoms with E-state index in [0.29, 0.717) is 21.5 Å². The van der Waals surface area contributed by atoms with Crippen LogP contribution in [-0.2, 0) is 17.8 Å². The van der Waals surface area contributed by atoms with Crippen LogP contribution in [0.2, 0.25) is 0 Å². The average molecular weight is 461 g/mol. The Labute approximate surface area is 195 Å². The van der Waals surface area contributed by atoms with E-state index in [9.17, 15) is 14.4 Å². The molecular weight excluding hydrogens is 436 g/mol. The maximum atomic E-state index is 12.9. The lowest BCUT2D eigenvalue weighted by Gasteiger charge is -2.16. The Hall–Kier alpha value is -3.78. The molecule has 0 fully saturated rings. The molecule has 0 aliphatic rings. The standard InChI is InChI=1S/C25H24N4O3S/c1-3-18-13-20-24(33-18)26-15-29(25(20)32)14-22(30)28-21-12-8-7-11-19(21)23(31)27-16(2)17-9-5-4-6-10-17/h4-13,15-16H,3,14H2,1-2H3,(H,27,31)(H,28,30). The predicted molar refractivity (Wildman–Crippen MR) is 131 cm³/mol. The van der Waals surface area contributed by atoms with Crippen molar-refractivity contribution in [1.82, 2.24) is 14.9 Å². The number of aromatic nitrogens is 2. The fourth-order valence-corrected chi connectivity index (χ4v) is 4.46. The molecule has 1 atom stereocenters. The molecule has 2 heterocycles. The van der Waals surface area contributed by atoms with Gasteiger partial charge in [-0.05, 0) is 37.1 Å². The minimum atomic E-state index is -0.416. The Morgan fingerprint density at radius 3 is 2.58 bits per heavy atom. The van der Waals surface area contributed by atoms with Gasteiger partial charge in [0.05, 0.1) is 29.0 Å². The highest BCUT2D eigenvalue weighted by Crippen LogP contribution is 2.21. The molecule has 7 nitrogen and oxygen atoms in total. The molecule has 4 rings (SSSR count). The first-order chi connectivity index (χ1) is 16.0. The molecule has 0 aliphatic carbocycles. The number of amides is 2. The molecule has 2 N–H and O–H groups in total. The molecule has 0 saturated heterocycles. The summed E-state index contributed by atoms with van der Waals surface area (Å²) in [5.74, 6) is -0.714. The van der Waals surface area contributed by atoms with Crippen LogP contribution >= 0.6 is 11.3 Å². The number of nitrogens with zero attached hydrogens (tertiary/aromatic N) is 2. The van der Waals surface area contributed by atoms with E-state index in [0.717, 1.165) is 16.9 Å². The summed E-state index contributed by atoms with van der Waals surface area (Å²) >= 11 is 1.48. The minimum Gasteiger partial charge on any atom is -0.345 e. The van der Waals surface area contributed by atoms with E-state index in [4.69, 9.17) is 0 Å². The Bertz CT molecular complexity index is 1360. The van der Waals surface area contributed by atoms with Crippen LogP contribution < -0.4 is 16.2 Å². The Morgan fingerprint density at radius 2 is 1.82 bits per heavy atom. The van der Waals surface area contributed by atoms with E-state index in [-0.39, 0.29) is 24.1 Å². The zero-order valence-corrected chi connectivity index (χ0v) is 19.2. The zero-order chi connectivity index (χ0) is 23.4. The van der Waals surface area contributed by atoms with Crippen molar-refractivity contribution in [3.63, 3.8) is 0 Å². The van der Waals surface area contributed by atoms with Crippen LogP contribution in [0.4, 0.5) is 5.69 Å². The summed E-state index contributed by atoms with van der Waals surface area (Å²) in [7, 11) is 0. The van der Waals surface area contributed by atoms with Gasteiger partial charge in [-0.2, -0.15) is 0 Å². The van der Waals surface area contributed by atoms with Gasteiger partial charge in [0.1, 0.15) is 11.4 Å². The molecule has 0 aliphatic heterocycles. The number of fused-ring (bicyclic) bond motifs is 1. The average Bonchev–Trinajstić information content (AvgIpc) is 3.26. The van der Waals surface area contributed by atoms with Crippen LogP contribution in [0.15, 0.2) is 71.8 Å². The summed E-state index contributed by atoms with van der Waals surface area (Å²) in [5, 5.41) is 6.23. The molecule has 4 aromatic rings. The summed E-state index contributed by atoms with van der Waals surface area (Å²) in [6, 6.07) is 18.1. The van der Waals surface area contributed by atoms with E-state index in [1.165, 1.54) is 22.2 Å². The first-order valence-corrected chi connectivity index (χ1v) is 11.5. The molecule has 33 heavy (non-hydrogen) atoms. The van der Waals surface area contributed by atoms with Crippen LogP contribution in [0.5, 0.6) is 0 Å². The molecule has 0 saturated carbocycles. The van der Waals surface area contributed by atoms with Crippen molar-refractivity contribution in [1.29, 1.82) is 0 Å². The van der Waals surface area contributed by atoms with Crippen molar-refractivity contribution in [3.05, 3.63) is 93.3 Å². The topological polar surface area (TPSA) is 93.1 Å². The van der Waals surface area contributed by atoms with Gasteiger partial charge in [0, 0.05) is 4.88 Å². The number of nitrogens with one attached hydrogen (secondary N) is 2. The SMILES string of the molecule is CCc1cc2c(=O)n(CC(=O)Nc3ccccc3C(=O)NC(C)c3ccccc3)cnc2s1. The van der Waals surface area contributed by atoms with Crippen molar-refractivity contribution in [2.45, 2.75) is 32.9 Å². The van der Waals surface area contributed by atoms with E-state index in [1.807, 2.05) is 50.2 Å². The smallest absolute Gasteiger partial charge is 0.262 e. The summed E-state index contributed by atoms with van der Waals surface area (Å²) in [5.41, 5.74) is 1.45. The highest BCUT2D eigenvalue weighted by Gasteiger charge is 2.17. The Kier molecular flexibility index (Phi) is 6.65. The normalized spacial score (nSPS) is 11.8. The Morgan fingerprint density at radius 1 is 1.09 bits per heavy atom. The highest BCUT2D eigenvalue weighted by atomic mass is 32.1. The summed E-state index contributed by atoms with van der Waals surface area (Å²) in [6.45, 7) is 3.72. The van der Waals surface area contributed by atoms with Crippen LogP contribution in [0, 0.1) is 0 Å². The first-order valence-electron chi connectivity index (χ1n) is 10.7. The lowest BCUT2D eigenvalue weighted by molar-refractivity contribution is -0.116. The minimum absolute atomic E-state index is 0.197. The van der Waals surface area contributed by atoms with E-state index in [2.05, 4.69) is 15.6 Å². The maximum absolute atomic E-state index is 12.9. The van der Waals surface area contributed by atoms with Crippen LogP contribution in [-0.4, -0.2) is 21.4 Å². The lowest BCUT2D eigenvalue weighted by Crippen LogP contribution is -2.30. The van der Waals surface area contributed by atoms with E-state index >= 15 is 0 Å². The van der Waals surface area contributed by atoms with Gasteiger partial charge < -0.3 is 10.6 Å². The summed E-state index contributed by atoms with van der Waals surface area (Å²) in [4.78, 5) is 44.4. The second kappa shape index (κ2) is 9.79. The molecule has 8 heteroatoms. The number of anilines is 1. The fourth-order valence-electron chi connectivity index (χ4n) is 3.53. The van der Waals surface area contributed by atoms with Gasteiger partial charge in [-0.15, -0.1) is 11.3 Å². The second-order valence-corrected chi connectivity index (χ2v) is 8.78. The number of carbonyl (C=O) groups is 2. The van der Waals surface area contributed by atoms with E-state index < -0.39 is 5.91 Å². The number of aryl methyl sites for hydroxylation is 1.